The summed E-state index contributed by atoms with van der Waals surface area (Å²) in [6.45, 7) is 3.26. The summed E-state index contributed by atoms with van der Waals surface area (Å²) >= 11 is 0. The van der Waals surface area contributed by atoms with E-state index in [-0.39, 0.29) is 24.0 Å². The van der Waals surface area contributed by atoms with Crippen LogP contribution in [-0.2, 0) is 14.2 Å². The van der Waals surface area contributed by atoms with Crippen LogP contribution in [0, 0.1) is 0 Å². The second-order valence-electron chi connectivity index (χ2n) is 6.42. The van der Waals surface area contributed by atoms with Gasteiger partial charge in [-0.3, -0.25) is 4.99 Å². The average molecular weight is 439 g/mol. The largest absolute Gasteiger partial charge is 0.379 e. The number of fused-ring (bicyclic) bond motifs is 2. The summed E-state index contributed by atoms with van der Waals surface area (Å²) in [6, 6.07) is 0.417. The van der Waals surface area contributed by atoms with E-state index < -0.39 is 0 Å². The molecule has 3 aliphatic rings. The van der Waals surface area contributed by atoms with Gasteiger partial charge in [-0.2, -0.15) is 0 Å². The number of halogens is 1. The van der Waals surface area contributed by atoms with Crippen LogP contribution in [0.15, 0.2) is 4.99 Å². The summed E-state index contributed by atoms with van der Waals surface area (Å²) < 4.78 is 17.1. The minimum atomic E-state index is 0. The number of hydrogen-bond acceptors (Lipinski definition) is 4. The maximum absolute atomic E-state index is 5.86. The third kappa shape index (κ3) is 5.72. The lowest BCUT2D eigenvalue weighted by Crippen LogP contribution is -2.47. The summed E-state index contributed by atoms with van der Waals surface area (Å²) in [5.74, 6) is 0.875. The van der Waals surface area contributed by atoms with E-state index in [1.165, 1.54) is 19.3 Å². The maximum Gasteiger partial charge on any atom is 0.191 e. The molecule has 0 aromatic carbocycles. The second-order valence-corrected chi connectivity index (χ2v) is 6.42. The van der Waals surface area contributed by atoms with Gasteiger partial charge in [-0.25, -0.2) is 0 Å². The highest BCUT2D eigenvalue weighted by atomic mass is 127. The number of hydrogen-bond donors (Lipinski definition) is 2. The Kier molecular flexibility index (Phi) is 8.35. The zero-order valence-electron chi connectivity index (χ0n) is 14.0. The molecule has 7 heteroatoms. The monoisotopic (exact) mass is 439 g/mol. The molecule has 0 aromatic rings. The van der Waals surface area contributed by atoms with Crippen molar-refractivity contribution in [3.8, 4) is 0 Å². The van der Waals surface area contributed by atoms with Gasteiger partial charge < -0.3 is 24.8 Å². The van der Waals surface area contributed by atoms with Crippen molar-refractivity contribution >= 4 is 29.9 Å². The Morgan fingerprint density at radius 3 is 2.87 bits per heavy atom. The van der Waals surface area contributed by atoms with Gasteiger partial charge in [0, 0.05) is 26.8 Å². The fraction of sp³-hybridized carbons (Fsp3) is 0.938. The predicted molar refractivity (Wildman–Crippen MR) is 101 cm³/mol. The summed E-state index contributed by atoms with van der Waals surface area (Å²) in [5.41, 5.74) is 0. The van der Waals surface area contributed by atoms with Gasteiger partial charge in [-0.05, 0) is 38.5 Å². The first-order valence-corrected chi connectivity index (χ1v) is 8.67. The molecule has 0 radical (unpaired) electrons. The first-order valence-electron chi connectivity index (χ1n) is 8.67. The molecule has 3 saturated heterocycles. The van der Waals surface area contributed by atoms with Crippen LogP contribution in [0.4, 0.5) is 0 Å². The van der Waals surface area contributed by atoms with Crippen molar-refractivity contribution in [2.24, 2.45) is 4.99 Å². The molecule has 6 nitrogen and oxygen atoms in total. The predicted octanol–water partition coefficient (Wildman–Crippen LogP) is 1.67. The number of aliphatic imine (C=N–C) groups is 1. The van der Waals surface area contributed by atoms with Gasteiger partial charge in [0.1, 0.15) is 0 Å². The minimum Gasteiger partial charge on any atom is -0.379 e. The summed E-state index contributed by atoms with van der Waals surface area (Å²) in [5, 5.41) is 6.84. The van der Waals surface area contributed by atoms with E-state index in [4.69, 9.17) is 14.2 Å². The molecule has 3 rings (SSSR count). The van der Waals surface area contributed by atoms with Crippen molar-refractivity contribution in [3.05, 3.63) is 0 Å². The zero-order valence-corrected chi connectivity index (χ0v) is 16.3. The molecule has 0 aliphatic carbocycles. The number of nitrogens with one attached hydrogen (secondary N) is 2. The van der Waals surface area contributed by atoms with Crippen molar-refractivity contribution < 1.29 is 14.2 Å². The Bertz CT molecular complexity index is 378. The molecule has 4 atom stereocenters. The van der Waals surface area contributed by atoms with Crippen LogP contribution in [0.1, 0.15) is 38.5 Å². The number of rotatable bonds is 7. The van der Waals surface area contributed by atoms with E-state index in [9.17, 15) is 0 Å². The minimum absolute atomic E-state index is 0. The molecule has 134 valence electrons. The van der Waals surface area contributed by atoms with Gasteiger partial charge in [-0.15, -0.1) is 24.0 Å². The molecule has 0 saturated carbocycles. The Morgan fingerprint density at radius 2 is 2.22 bits per heavy atom. The van der Waals surface area contributed by atoms with Crippen LogP contribution in [0.3, 0.4) is 0 Å². The van der Waals surface area contributed by atoms with Crippen LogP contribution in [0.25, 0.3) is 0 Å². The molecule has 23 heavy (non-hydrogen) atoms. The molecule has 4 unspecified atom stereocenters. The summed E-state index contributed by atoms with van der Waals surface area (Å²) in [6.07, 6.45) is 7.94. The van der Waals surface area contributed by atoms with E-state index in [1.54, 1.807) is 0 Å². The van der Waals surface area contributed by atoms with Crippen LogP contribution in [-0.4, -0.2) is 63.7 Å². The van der Waals surface area contributed by atoms with Gasteiger partial charge in [0.05, 0.1) is 31.0 Å². The van der Waals surface area contributed by atoms with Crippen LogP contribution >= 0.6 is 24.0 Å². The van der Waals surface area contributed by atoms with Crippen molar-refractivity contribution in [2.45, 2.75) is 62.9 Å². The van der Waals surface area contributed by atoms with Gasteiger partial charge in [0.2, 0.25) is 0 Å². The molecule has 2 N–H and O–H groups in total. The number of nitrogens with zero attached hydrogens (tertiary/aromatic N) is 1. The van der Waals surface area contributed by atoms with Crippen molar-refractivity contribution in [3.63, 3.8) is 0 Å². The average Bonchev–Trinajstić information content (AvgIpc) is 3.26. The summed E-state index contributed by atoms with van der Waals surface area (Å²) in [7, 11) is 1.82. The highest BCUT2D eigenvalue weighted by molar-refractivity contribution is 14.0. The molecule has 0 spiro atoms. The third-order valence-electron chi connectivity index (χ3n) is 4.74. The van der Waals surface area contributed by atoms with Crippen molar-refractivity contribution in [1.82, 2.24) is 10.6 Å². The topological polar surface area (TPSA) is 64.1 Å². The first kappa shape index (κ1) is 19.2. The number of guanidine groups is 1. The Labute approximate surface area is 156 Å². The van der Waals surface area contributed by atoms with E-state index >= 15 is 0 Å². The lowest BCUT2D eigenvalue weighted by Gasteiger charge is -2.22. The van der Waals surface area contributed by atoms with E-state index in [1.807, 2.05) is 7.05 Å². The fourth-order valence-corrected chi connectivity index (χ4v) is 3.53. The molecule has 3 heterocycles. The molecular formula is C16H30IN3O3. The molecule has 0 aromatic heterocycles. The fourth-order valence-electron chi connectivity index (χ4n) is 3.53. The first-order chi connectivity index (χ1) is 10.8. The van der Waals surface area contributed by atoms with Crippen LogP contribution in [0.5, 0.6) is 0 Å². The van der Waals surface area contributed by atoms with Gasteiger partial charge in [-0.1, -0.05) is 0 Å². The lowest BCUT2D eigenvalue weighted by molar-refractivity contribution is 0.0168. The molecule has 3 aliphatic heterocycles. The SMILES string of the molecule is CN=C(NCCCOCC1CCCO1)NC1CC2CCC1O2.I. The molecule has 0 amide bonds. The van der Waals surface area contributed by atoms with E-state index in [0.717, 1.165) is 51.6 Å². The normalized spacial score (nSPS) is 32.8. The number of ether oxygens (including phenoxy) is 3. The van der Waals surface area contributed by atoms with Crippen molar-refractivity contribution in [2.75, 3.05) is 33.4 Å². The zero-order chi connectivity index (χ0) is 15.2. The highest BCUT2D eigenvalue weighted by Gasteiger charge is 2.41. The second kappa shape index (κ2) is 10.0. The summed E-state index contributed by atoms with van der Waals surface area (Å²) in [4.78, 5) is 4.29. The highest BCUT2D eigenvalue weighted by Crippen LogP contribution is 2.34. The third-order valence-corrected chi connectivity index (χ3v) is 4.74. The van der Waals surface area contributed by atoms with Crippen molar-refractivity contribution in [1.29, 1.82) is 0 Å². The smallest absolute Gasteiger partial charge is 0.191 e. The maximum atomic E-state index is 5.86. The molecular weight excluding hydrogens is 409 g/mol. The Hall–Kier alpha value is -0.120. The molecule has 2 bridgehead atoms. The quantitative estimate of drug-likeness (QED) is 0.274. The van der Waals surface area contributed by atoms with E-state index in [2.05, 4.69) is 15.6 Å². The van der Waals surface area contributed by atoms with Gasteiger partial charge in [0.25, 0.3) is 0 Å². The molecule has 3 fully saturated rings. The Morgan fingerprint density at radius 1 is 1.30 bits per heavy atom. The Balaban J connectivity index is 0.00000192. The van der Waals surface area contributed by atoms with Crippen LogP contribution in [0.2, 0.25) is 0 Å². The van der Waals surface area contributed by atoms with E-state index in [0.29, 0.717) is 24.4 Å². The van der Waals surface area contributed by atoms with Crippen LogP contribution < -0.4 is 10.6 Å². The van der Waals surface area contributed by atoms with Gasteiger partial charge in [0.15, 0.2) is 5.96 Å². The lowest BCUT2D eigenvalue weighted by atomic mass is 9.96. The van der Waals surface area contributed by atoms with Gasteiger partial charge >= 0.3 is 0 Å². The standard InChI is InChI=1S/C16H29N3O3.HI/c1-17-16(19-14-10-12-5-6-15(14)22-12)18-7-3-8-20-11-13-4-2-9-21-13;/h12-15H,2-11H2,1H3,(H2,17,18,19);1H.